The van der Waals surface area contributed by atoms with Crippen molar-refractivity contribution in [2.75, 3.05) is 13.7 Å². The highest BCUT2D eigenvalue weighted by Gasteiger charge is 1.89. The third-order valence-corrected chi connectivity index (χ3v) is 2.40. The second kappa shape index (κ2) is 10.4. The summed E-state index contributed by atoms with van der Waals surface area (Å²) in [5, 5.41) is 0. The fraction of sp³-hybridized carbons (Fsp3) is 0.250. The van der Waals surface area contributed by atoms with Gasteiger partial charge in [-0.2, -0.15) is 0 Å². The highest BCUT2D eigenvalue weighted by atomic mass is 16.5. The predicted molar refractivity (Wildman–Crippen MR) is 79.9 cm³/mol. The lowest BCUT2D eigenvalue weighted by molar-refractivity contribution is 0.414. The number of rotatable bonds is 5. The largest absolute Gasteiger partial charge is 0.497 e. The van der Waals surface area contributed by atoms with E-state index in [1.54, 1.807) is 19.3 Å². The first-order valence-electron chi connectivity index (χ1n) is 5.98. The van der Waals surface area contributed by atoms with Crippen LogP contribution in [0.1, 0.15) is 12.5 Å². The number of aryl methyl sites for hydroxylation is 1. The van der Waals surface area contributed by atoms with Crippen LogP contribution in [0.4, 0.5) is 0 Å². The monoisotopic (exact) mass is 245 g/mol. The van der Waals surface area contributed by atoms with Crippen molar-refractivity contribution in [2.24, 2.45) is 5.73 Å². The van der Waals surface area contributed by atoms with Gasteiger partial charge in [0.1, 0.15) is 5.75 Å². The second-order valence-corrected chi connectivity index (χ2v) is 3.59. The summed E-state index contributed by atoms with van der Waals surface area (Å²) in [5.41, 5.74) is 7.64. The molecule has 1 aromatic rings. The normalized spacial score (nSPS) is 10.1. The Morgan fingerprint density at radius 1 is 1.28 bits per heavy atom. The second-order valence-electron chi connectivity index (χ2n) is 3.59. The Hall–Kier alpha value is -1.80. The Balaban J connectivity index is 0.000000331. The topological polar surface area (TPSA) is 35.2 Å². The zero-order valence-electron chi connectivity index (χ0n) is 11.4. The van der Waals surface area contributed by atoms with Gasteiger partial charge in [-0.15, -0.1) is 0 Å². The summed E-state index contributed by atoms with van der Waals surface area (Å²) < 4.78 is 5.01. The molecule has 0 saturated heterocycles. The van der Waals surface area contributed by atoms with Gasteiger partial charge in [-0.25, -0.2) is 0 Å². The third-order valence-electron chi connectivity index (χ3n) is 2.40. The zero-order valence-corrected chi connectivity index (χ0v) is 11.4. The van der Waals surface area contributed by atoms with Crippen LogP contribution in [0, 0.1) is 0 Å². The molecule has 2 heteroatoms. The van der Waals surface area contributed by atoms with E-state index in [0.717, 1.165) is 17.7 Å². The highest BCUT2D eigenvalue weighted by Crippen LogP contribution is 2.10. The fourth-order valence-electron chi connectivity index (χ4n) is 1.23. The van der Waals surface area contributed by atoms with Gasteiger partial charge in [0.05, 0.1) is 7.11 Å². The van der Waals surface area contributed by atoms with Gasteiger partial charge in [0.2, 0.25) is 0 Å². The number of nitrogens with two attached hydrogens (primary N) is 1. The summed E-state index contributed by atoms with van der Waals surface area (Å²) >= 11 is 0. The molecule has 0 aliphatic heterocycles. The van der Waals surface area contributed by atoms with Crippen LogP contribution in [0.25, 0.3) is 0 Å². The van der Waals surface area contributed by atoms with Crippen molar-refractivity contribution in [2.45, 2.75) is 13.3 Å². The van der Waals surface area contributed by atoms with Crippen molar-refractivity contribution in [1.82, 2.24) is 0 Å². The minimum atomic E-state index is 0.537. The van der Waals surface area contributed by atoms with E-state index >= 15 is 0 Å². The van der Waals surface area contributed by atoms with E-state index in [1.807, 2.05) is 18.2 Å². The molecule has 2 nitrogen and oxygen atoms in total. The maximum absolute atomic E-state index is 5.28. The van der Waals surface area contributed by atoms with Gasteiger partial charge in [-0.3, -0.25) is 0 Å². The maximum Gasteiger partial charge on any atom is 0.118 e. The molecule has 0 heterocycles. The summed E-state index contributed by atoms with van der Waals surface area (Å²) in [5.74, 6) is 0.928. The van der Waals surface area contributed by atoms with Gasteiger partial charge < -0.3 is 10.5 Å². The predicted octanol–water partition coefficient (Wildman–Crippen LogP) is 3.50. The minimum Gasteiger partial charge on any atom is -0.497 e. The molecular weight excluding hydrogens is 222 g/mol. The number of ether oxygens (including phenoxy) is 1. The number of allylic oxidation sites excluding steroid dienone is 2. The highest BCUT2D eigenvalue weighted by molar-refractivity contribution is 5.26. The van der Waals surface area contributed by atoms with Crippen molar-refractivity contribution in [1.29, 1.82) is 0 Å². The van der Waals surface area contributed by atoms with E-state index in [9.17, 15) is 0 Å². The SMILES string of the molecule is C=C/C=C(\C=C)CN.CCc1ccc(OC)cc1. The van der Waals surface area contributed by atoms with Gasteiger partial charge in [0.25, 0.3) is 0 Å². The molecule has 0 amide bonds. The van der Waals surface area contributed by atoms with Gasteiger partial charge in [-0.1, -0.05) is 50.4 Å². The molecule has 0 spiro atoms. The summed E-state index contributed by atoms with van der Waals surface area (Å²) in [6.07, 6.45) is 6.35. The molecule has 0 aliphatic carbocycles. The standard InChI is InChI=1S/C9H12O.C7H11N/c1-3-8-4-6-9(10-2)7-5-8;1-3-5-7(4-2)6-8/h4-7H,3H2,1-2H3;3-5H,1-2,6,8H2/b;7-5+. The molecule has 1 aromatic carbocycles. The first-order valence-corrected chi connectivity index (χ1v) is 5.98. The molecule has 0 fully saturated rings. The number of methoxy groups -OCH3 is 1. The molecule has 0 atom stereocenters. The van der Waals surface area contributed by atoms with Crippen molar-refractivity contribution in [3.8, 4) is 5.75 Å². The summed E-state index contributed by atoms with van der Waals surface area (Å²) in [6.45, 7) is 9.75. The van der Waals surface area contributed by atoms with Crippen LogP contribution >= 0.6 is 0 Å². The maximum atomic E-state index is 5.28. The van der Waals surface area contributed by atoms with Crippen LogP contribution < -0.4 is 10.5 Å². The van der Waals surface area contributed by atoms with Gasteiger partial charge in [0, 0.05) is 6.54 Å². The van der Waals surface area contributed by atoms with Crippen LogP contribution in [0.15, 0.2) is 61.2 Å². The molecule has 0 radical (unpaired) electrons. The third kappa shape index (κ3) is 6.71. The van der Waals surface area contributed by atoms with E-state index in [-0.39, 0.29) is 0 Å². The van der Waals surface area contributed by atoms with Gasteiger partial charge in [-0.05, 0) is 29.7 Å². The summed E-state index contributed by atoms with van der Waals surface area (Å²) in [4.78, 5) is 0. The lowest BCUT2D eigenvalue weighted by Gasteiger charge is -1.99. The molecule has 0 aliphatic rings. The van der Waals surface area contributed by atoms with Gasteiger partial charge in [0.15, 0.2) is 0 Å². The van der Waals surface area contributed by atoms with Crippen molar-refractivity contribution < 1.29 is 4.74 Å². The van der Waals surface area contributed by atoms with E-state index in [2.05, 4.69) is 32.2 Å². The Morgan fingerprint density at radius 2 is 1.89 bits per heavy atom. The van der Waals surface area contributed by atoms with Gasteiger partial charge >= 0.3 is 0 Å². The summed E-state index contributed by atoms with van der Waals surface area (Å²) in [7, 11) is 1.68. The average molecular weight is 245 g/mol. The Kier molecular flexibility index (Phi) is 9.32. The Labute approximate surface area is 110 Å². The van der Waals surface area contributed by atoms with Crippen LogP contribution in [-0.2, 0) is 6.42 Å². The van der Waals surface area contributed by atoms with Crippen molar-refractivity contribution >= 4 is 0 Å². The van der Waals surface area contributed by atoms with Crippen LogP contribution in [0.3, 0.4) is 0 Å². The molecule has 2 N–H and O–H groups in total. The molecule has 18 heavy (non-hydrogen) atoms. The molecule has 0 aromatic heterocycles. The lowest BCUT2D eigenvalue weighted by atomic mass is 10.2. The Morgan fingerprint density at radius 3 is 2.17 bits per heavy atom. The summed E-state index contributed by atoms with van der Waals surface area (Å²) in [6, 6.07) is 8.13. The molecule has 0 unspecified atom stereocenters. The molecule has 0 bridgehead atoms. The van der Waals surface area contributed by atoms with Crippen molar-refractivity contribution in [3.05, 3.63) is 66.8 Å². The fourth-order valence-corrected chi connectivity index (χ4v) is 1.23. The molecule has 98 valence electrons. The zero-order chi connectivity index (χ0) is 13.8. The quantitative estimate of drug-likeness (QED) is 0.806. The van der Waals surface area contributed by atoms with E-state index in [0.29, 0.717) is 6.54 Å². The number of hydrogen-bond acceptors (Lipinski definition) is 2. The first-order chi connectivity index (χ1) is 8.71. The molecular formula is C16H23NO. The van der Waals surface area contributed by atoms with Crippen molar-refractivity contribution in [3.63, 3.8) is 0 Å². The molecule has 0 saturated carbocycles. The van der Waals surface area contributed by atoms with E-state index < -0.39 is 0 Å². The Bertz CT molecular complexity index is 354. The lowest BCUT2D eigenvalue weighted by Crippen LogP contribution is -1.99. The van der Waals surface area contributed by atoms with Crippen LogP contribution in [0.2, 0.25) is 0 Å². The van der Waals surface area contributed by atoms with E-state index in [1.165, 1.54) is 5.56 Å². The average Bonchev–Trinajstić information content (AvgIpc) is 2.45. The molecule has 1 rings (SSSR count). The van der Waals surface area contributed by atoms with E-state index in [4.69, 9.17) is 10.5 Å². The smallest absolute Gasteiger partial charge is 0.118 e. The number of benzene rings is 1. The van der Waals surface area contributed by atoms with Crippen LogP contribution in [0.5, 0.6) is 5.75 Å². The van der Waals surface area contributed by atoms with Crippen LogP contribution in [-0.4, -0.2) is 13.7 Å². The number of hydrogen-bond donors (Lipinski definition) is 1. The first kappa shape index (κ1) is 16.2. The minimum absolute atomic E-state index is 0.537.